The summed E-state index contributed by atoms with van der Waals surface area (Å²) in [6, 6.07) is 14.9. The van der Waals surface area contributed by atoms with Crippen LogP contribution in [0.15, 0.2) is 60.7 Å². The number of amides is 2. The molecule has 2 amide bonds. The van der Waals surface area contributed by atoms with E-state index in [0.29, 0.717) is 48.6 Å². The van der Waals surface area contributed by atoms with Gasteiger partial charge in [0, 0.05) is 38.3 Å². The van der Waals surface area contributed by atoms with Gasteiger partial charge in [0.15, 0.2) is 0 Å². The Morgan fingerprint density at radius 3 is 2.12 bits per heavy atom. The third-order valence-electron chi connectivity index (χ3n) is 6.36. The molecule has 2 aliphatic rings. The molecule has 5 rings (SSSR count). The van der Waals surface area contributed by atoms with Crippen molar-refractivity contribution >= 4 is 17.5 Å². The van der Waals surface area contributed by atoms with Gasteiger partial charge in [-0.3, -0.25) is 19.4 Å². The summed E-state index contributed by atoms with van der Waals surface area (Å²) >= 11 is 0. The zero-order valence-corrected chi connectivity index (χ0v) is 18.3. The molecule has 0 saturated carbocycles. The maximum atomic E-state index is 14.0. The Hall–Kier alpha value is -3.65. The average molecular weight is 465 g/mol. The highest BCUT2D eigenvalue weighted by atomic mass is 19.1. The molecular formula is C26H22F3N3O2. The molecule has 3 aromatic carbocycles. The monoisotopic (exact) mass is 465 g/mol. The van der Waals surface area contributed by atoms with Crippen LogP contribution >= 0.6 is 0 Å². The molecular weight excluding hydrogens is 443 g/mol. The van der Waals surface area contributed by atoms with Gasteiger partial charge in [0.25, 0.3) is 11.8 Å². The summed E-state index contributed by atoms with van der Waals surface area (Å²) in [5.74, 6) is -2.37. The van der Waals surface area contributed by atoms with E-state index in [-0.39, 0.29) is 18.7 Å². The molecule has 0 radical (unpaired) electrons. The molecule has 0 unspecified atom stereocenters. The van der Waals surface area contributed by atoms with Gasteiger partial charge in [-0.1, -0.05) is 24.3 Å². The molecule has 0 aliphatic carbocycles. The topological polar surface area (TPSA) is 43.9 Å². The summed E-state index contributed by atoms with van der Waals surface area (Å²) < 4.78 is 41.6. The number of imide groups is 1. The van der Waals surface area contributed by atoms with E-state index >= 15 is 0 Å². The van der Waals surface area contributed by atoms with Crippen molar-refractivity contribution in [3.8, 4) is 0 Å². The molecule has 0 spiro atoms. The molecule has 0 bridgehead atoms. The summed E-state index contributed by atoms with van der Waals surface area (Å²) in [5, 5.41) is 0. The summed E-state index contributed by atoms with van der Waals surface area (Å²) in [4.78, 5) is 31.3. The Morgan fingerprint density at radius 1 is 0.735 bits per heavy atom. The molecule has 0 aromatic heterocycles. The number of hydrogen-bond acceptors (Lipinski definition) is 4. The number of fused-ring (bicyclic) bond motifs is 1. The first-order valence-corrected chi connectivity index (χ1v) is 11.1. The number of hydrogen-bond donors (Lipinski definition) is 0. The molecule has 1 saturated heterocycles. The van der Waals surface area contributed by atoms with Crippen molar-refractivity contribution in [2.24, 2.45) is 0 Å². The van der Waals surface area contributed by atoms with E-state index < -0.39 is 29.3 Å². The Balaban J connectivity index is 1.32. The fraction of sp³-hybridized carbons (Fsp3) is 0.231. The van der Waals surface area contributed by atoms with E-state index in [1.165, 1.54) is 30.3 Å². The van der Waals surface area contributed by atoms with Crippen molar-refractivity contribution in [2.75, 3.05) is 31.1 Å². The zero-order valence-electron chi connectivity index (χ0n) is 18.3. The van der Waals surface area contributed by atoms with Gasteiger partial charge in [-0.25, -0.2) is 13.2 Å². The predicted molar refractivity (Wildman–Crippen MR) is 121 cm³/mol. The van der Waals surface area contributed by atoms with Gasteiger partial charge in [0.1, 0.15) is 17.5 Å². The van der Waals surface area contributed by atoms with Crippen LogP contribution in [0.2, 0.25) is 0 Å². The number of carbonyl (C=O) groups is 2. The van der Waals surface area contributed by atoms with Crippen molar-refractivity contribution in [2.45, 2.75) is 13.1 Å². The van der Waals surface area contributed by atoms with Crippen LogP contribution in [0.4, 0.5) is 18.9 Å². The molecule has 1 fully saturated rings. The van der Waals surface area contributed by atoms with Gasteiger partial charge in [-0.05, 0) is 42.0 Å². The lowest BCUT2D eigenvalue weighted by molar-refractivity contribution is 0.0642. The normalized spacial score (nSPS) is 16.3. The molecule has 0 N–H and O–H groups in total. The Labute approximate surface area is 195 Å². The molecule has 34 heavy (non-hydrogen) atoms. The third kappa shape index (κ3) is 4.05. The second-order valence-corrected chi connectivity index (χ2v) is 8.49. The highest BCUT2D eigenvalue weighted by Gasteiger charge is 2.38. The minimum atomic E-state index is -0.564. The number of carbonyl (C=O) groups excluding carboxylic acids is 2. The summed E-state index contributed by atoms with van der Waals surface area (Å²) in [5.41, 5.74) is 1.91. The van der Waals surface area contributed by atoms with Crippen molar-refractivity contribution in [1.29, 1.82) is 0 Å². The maximum absolute atomic E-state index is 14.0. The van der Waals surface area contributed by atoms with E-state index in [0.717, 1.165) is 4.90 Å². The molecule has 2 aliphatic heterocycles. The van der Waals surface area contributed by atoms with Crippen LogP contribution in [0.5, 0.6) is 0 Å². The molecule has 8 heteroatoms. The quantitative estimate of drug-likeness (QED) is 0.530. The van der Waals surface area contributed by atoms with Gasteiger partial charge < -0.3 is 4.90 Å². The van der Waals surface area contributed by atoms with E-state index in [4.69, 9.17) is 0 Å². The Bertz CT molecular complexity index is 1250. The Kier molecular flexibility index (Phi) is 5.83. The van der Waals surface area contributed by atoms with Crippen LogP contribution in [-0.2, 0) is 13.1 Å². The third-order valence-corrected chi connectivity index (χ3v) is 6.36. The molecule has 0 atom stereocenters. The number of nitrogens with zero attached hydrogens (tertiary/aromatic N) is 3. The number of rotatable bonds is 5. The van der Waals surface area contributed by atoms with Crippen molar-refractivity contribution in [3.05, 3.63) is 100 Å². The first kappa shape index (κ1) is 22.2. The smallest absolute Gasteiger partial charge is 0.263 e. The predicted octanol–water partition coefficient (Wildman–Crippen LogP) is 4.22. The Morgan fingerprint density at radius 2 is 1.41 bits per heavy atom. The van der Waals surface area contributed by atoms with Gasteiger partial charge >= 0.3 is 0 Å². The van der Waals surface area contributed by atoms with Crippen LogP contribution in [-0.4, -0.2) is 47.8 Å². The van der Waals surface area contributed by atoms with E-state index in [2.05, 4.69) is 0 Å². The fourth-order valence-corrected chi connectivity index (χ4v) is 4.59. The van der Waals surface area contributed by atoms with Gasteiger partial charge in [0.05, 0.1) is 23.4 Å². The molecule has 174 valence electrons. The minimum Gasteiger partial charge on any atom is -0.368 e. The number of anilines is 1. The number of benzene rings is 3. The standard InChI is InChI=1S/C26H22F3N3O2/c27-18-5-1-4-17(14-18)15-32-25(33)19-6-2-9-23(24(19)26(32)34)31-12-10-30(11-13-31)16-20-21(28)7-3-8-22(20)29/h1-9,14H,10-13,15-16H2. The maximum Gasteiger partial charge on any atom is 0.263 e. The first-order valence-electron chi connectivity index (χ1n) is 11.1. The lowest BCUT2D eigenvalue weighted by atomic mass is 10.1. The van der Waals surface area contributed by atoms with Crippen molar-refractivity contribution < 1.29 is 22.8 Å². The largest absolute Gasteiger partial charge is 0.368 e. The van der Waals surface area contributed by atoms with Crippen LogP contribution < -0.4 is 4.90 Å². The lowest BCUT2D eigenvalue weighted by Crippen LogP contribution is -2.46. The minimum absolute atomic E-state index is 0.00840. The number of piperazine rings is 1. The van der Waals surface area contributed by atoms with Gasteiger partial charge in [0.2, 0.25) is 0 Å². The number of halogens is 3. The summed E-state index contributed by atoms with van der Waals surface area (Å²) in [6.07, 6.45) is 0. The summed E-state index contributed by atoms with van der Waals surface area (Å²) in [7, 11) is 0. The second-order valence-electron chi connectivity index (χ2n) is 8.49. The van der Waals surface area contributed by atoms with Crippen molar-refractivity contribution in [1.82, 2.24) is 9.80 Å². The summed E-state index contributed by atoms with van der Waals surface area (Å²) in [6.45, 7) is 2.33. The zero-order chi connectivity index (χ0) is 23.8. The second kappa shape index (κ2) is 8.95. The van der Waals surface area contributed by atoms with Crippen molar-refractivity contribution in [3.63, 3.8) is 0 Å². The average Bonchev–Trinajstić information content (AvgIpc) is 3.07. The van der Waals surface area contributed by atoms with Crippen LogP contribution in [0.3, 0.4) is 0 Å². The van der Waals surface area contributed by atoms with Crippen LogP contribution in [0.1, 0.15) is 31.8 Å². The van der Waals surface area contributed by atoms with Crippen LogP contribution in [0, 0.1) is 17.5 Å². The van der Waals surface area contributed by atoms with Crippen LogP contribution in [0.25, 0.3) is 0 Å². The highest BCUT2D eigenvalue weighted by Crippen LogP contribution is 2.33. The van der Waals surface area contributed by atoms with E-state index in [1.54, 1.807) is 24.3 Å². The molecule has 5 nitrogen and oxygen atoms in total. The fourth-order valence-electron chi connectivity index (χ4n) is 4.59. The molecule has 3 aromatic rings. The van der Waals surface area contributed by atoms with E-state index in [1.807, 2.05) is 15.9 Å². The van der Waals surface area contributed by atoms with E-state index in [9.17, 15) is 22.8 Å². The van der Waals surface area contributed by atoms with Gasteiger partial charge in [-0.2, -0.15) is 0 Å². The molecule has 2 heterocycles. The van der Waals surface area contributed by atoms with Gasteiger partial charge in [-0.15, -0.1) is 0 Å². The first-order chi connectivity index (χ1) is 16.4. The highest BCUT2D eigenvalue weighted by molar-refractivity contribution is 6.23. The lowest BCUT2D eigenvalue weighted by Gasteiger charge is -2.36. The SMILES string of the molecule is O=C1c2cccc(N3CCN(Cc4c(F)cccc4F)CC3)c2C(=O)N1Cc1cccc(F)c1.